The number of hydrogen-bond donors (Lipinski definition) is 1. The predicted molar refractivity (Wildman–Crippen MR) is 98.3 cm³/mol. The van der Waals surface area contributed by atoms with Gasteiger partial charge in [0.05, 0.1) is 14.2 Å². The van der Waals surface area contributed by atoms with Crippen molar-refractivity contribution in [2.24, 2.45) is 5.92 Å². The Hall–Kier alpha value is -3.02. The largest absolute Gasteiger partial charge is 0.493 e. The molecule has 2 amide bonds. The number of nitrogens with one attached hydrogen (secondary N) is 1. The lowest BCUT2D eigenvalue weighted by atomic mass is 10.1. The topological polar surface area (TPSA) is 67.9 Å². The van der Waals surface area contributed by atoms with Gasteiger partial charge >= 0.3 is 0 Å². The third-order valence-electron chi connectivity index (χ3n) is 4.53. The molecule has 3 rings (SSSR count). The quantitative estimate of drug-likeness (QED) is 0.809. The lowest BCUT2D eigenvalue weighted by Crippen LogP contribution is -2.36. The van der Waals surface area contributed by atoms with Crippen molar-refractivity contribution < 1.29 is 19.1 Å². The van der Waals surface area contributed by atoms with Crippen molar-refractivity contribution in [3.63, 3.8) is 0 Å². The number of benzene rings is 2. The number of nitrogens with zero attached hydrogens (tertiary/aromatic N) is 1. The Balaban J connectivity index is 1.66. The highest BCUT2D eigenvalue weighted by Crippen LogP contribution is 2.31. The zero-order valence-electron chi connectivity index (χ0n) is 14.9. The number of amides is 2. The van der Waals surface area contributed by atoms with Crippen molar-refractivity contribution in [2.45, 2.75) is 13.0 Å². The van der Waals surface area contributed by atoms with Crippen LogP contribution >= 0.6 is 0 Å². The number of rotatable bonds is 6. The van der Waals surface area contributed by atoms with E-state index in [1.165, 1.54) is 0 Å². The number of hydrogen-bond acceptors (Lipinski definition) is 4. The summed E-state index contributed by atoms with van der Waals surface area (Å²) in [6.45, 7) is 0.817. The molecule has 6 nitrogen and oxygen atoms in total. The Morgan fingerprint density at radius 1 is 1.12 bits per heavy atom. The minimum atomic E-state index is -0.660. The second-order valence-electron chi connectivity index (χ2n) is 6.04. The summed E-state index contributed by atoms with van der Waals surface area (Å²) in [5.41, 5.74) is 1.62. The Morgan fingerprint density at radius 2 is 1.88 bits per heavy atom. The van der Waals surface area contributed by atoms with Gasteiger partial charge < -0.3 is 19.7 Å². The molecular weight excluding hydrogens is 332 g/mol. The predicted octanol–water partition coefficient (Wildman–Crippen LogP) is 2.37. The first-order valence-electron chi connectivity index (χ1n) is 8.49. The Labute approximate surface area is 152 Å². The van der Waals surface area contributed by atoms with Crippen LogP contribution in [0.1, 0.15) is 12.0 Å². The second-order valence-corrected chi connectivity index (χ2v) is 6.04. The molecule has 0 saturated carbocycles. The van der Waals surface area contributed by atoms with Crippen LogP contribution in [0, 0.1) is 5.92 Å². The van der Waals surface area contributed by atoms with E-state index < -0.39 is 5.92 Å². The SMILES string of the molecule is COc1cccc(CNC(=O)[C@@H]2CCN(c3ccccc3)C2=O)c1OC. The number of carbonyl (C=O) groups excluding carboxylic acids is 2. The van der Waals surface area contributed by atoms with Crippen molar-refractivity contribution in [3.05, 3.63) is 54.1 Å². The fourth-order valence-corrected chi connectivity index (χ4v) is 3.19. The number of carbonyl (C=O) groups is 2. The van der Waals surface area contributed by atoms with Gasteiger partial charge in [-0.05, 0) is 24.6 Å². The van der Waals surface area contributed by atoms with Gasteiger partial charge in [0.25, 0.3) is 0 Å². The summed E-state index contributed by atoms with van der Waals surface area (Å²) in [5.74, 6) is 0.0989. The van der Waals surface area contributed by atoms with Crippen molar-refractivity contribution in [2.75, 3.05) is 25.7 Å². The standard InChI is InChI=1S/C20H22N2O4/c1-25-17-10-6-7-14(18(17)26-2)13-21-19(23)16-11-12-22(20(16)24)15-8-4-3-5-9-15/h3-10,16H,11-13H2,1-2H3,(H,21,23)/t16-/m0/s1. The van der Waals surface area contributed by atoms with Crippen molar-refractivity contribution in [3.8, 4) is 11.5 Å². The van der Waals surface area contributed by atoms with Gasteiger partial charge in [0.15, 0.2) is 11.5 Å². The molecule has 2 aromatic carbocycles. The normalized spacial score (nSPS) is 16.5. The van der Waals surface area contributed by atoms with Crippen LogP contribution in [0.3, 0.4) is 0 Å². The average Bonchev–Trinajstić information content (AvgIpc) is 3.07. The van der Waals surface area contributed by atoms with Crippen molar-refractivity contribution in [1.82, 2.24) is 5.32 Å². The first-order chi connectivity index (χ1) is 12.7. The van der Waals surface area contributed by atoms with E-state index in [0.717, 1.165) is 11.3 Å². The number of methoxy groups -OCH3 is 2. The van der Waals surface area contributed by atoms with E-state index in [0.29, 0.717) is 24.5 Å². The van der Waals surface area contributed by atoms with Crippen LogP contribution in [0.15, 0.2) is 48.5 Å². The first kappa shape index (κ1) is 17.8. The molecule has 136 valence electrons. The van der Waals surface area contributed by atoms with Crippen LogP contribution < -0.4 is 19.7 Å². The summed E-state index contributed by atoms with van der Waals surface area (Å²) in [6.07, 6.45) is 0.509. The zero-order valence-corrected chi connectivity index (χ0v) is 14.9. The Bertz CT molecular complexity index is 792. The third-order valence-corrected chi connectivity index (χ3v) is 4.53. The Morgan fingerprint density at radius 3 is 2.58 bits per heavy atom. The highest BCUT2D eigenvalue weighted by atomic mass is 16.5. The number of anilines is 1. The number of ether oxygens (including phenoxy) is 2. The molecule has 1 fully saturated rings. The smallest absolute Gasteiger partial charge is 0.239 e. The molecule has 0 unspecified atom stereocenters. The molecule has 1 atom stereocenters. The molecule has 1 aliphatic rings. The molecule has 1 saturated heterocycles. The summed E-state index contributed by atoms with van der Waals surface area (Å²) in [4.78, 5) is 26.8. The maximum atomic E-state index is 12.6. The van der Waals surface area contributed by atoms with Crippen LogP contribution in [0.25, 0.3) is 0 Å². The Kier molecular flexibility index (Phi) is 5.41. The fraction of sp³-hybridized carbons (Fsp3) is 0.300. The van der Waals surface area contributed by atoms with E-state index in [2.05, 4.69) is 5.32 Å². The van der Waals surface area contributed by atoms with E-state index in [9.17, 15) is 9.59 Å². The van der Waals surface area contributed by atoms with Gasteiger partial charge in [-0.2, -0.15) is 0 Å². The molecule has 1 heterocycles. The van der Waals surface area contributed by atoms with E-state index in [-0.39, 0.29) is 18.4 Å². The van der Waals surface area contributed by atoms with Crippen molar-refractivity contribution in [1.29, 1.82) is 0 Å². The van der Waals surface area contributed by atoms with Crippen LogP contribution in [0.5, 0.6) is 11.5 Å². The maximum Gasteiger partial charge on any atom is 0.239 e. The summed E-state index contributed by atoms with van der Waals surface area (Å²) < 4.78 is 10.6. The fourth-order valence-electron chi connectivity index (χ4n) is 3.19. The average molecular weight is 354 g/mol. The minimum Gasteiger partial charge on any atom is -0.493 e. The second kappa shape index (κ2) is 7.91. The minimum absolute atomic E-state index is 0.161. The summed E-state index contributed by atoms with van der Waals surface area (Å²) in [6, 6.07) is 14.9. The third kappa shape index (κ3) is 3.49. The summed E-state index contributed by atoms with van der Waals surface area (Å²) in [5, 5.41) is 2.85. The molecule has 0 radical (unpaired) electrons. The van der Waals surface area contributed by atoms with Gasteiger partial charge in [-0.1, -0.05) is 30.3 Å². The van der Waals surface area contributed by atoms with E-state index in [1.807, 2.05) is 42.5 Å². The van der Waals surface area contributed by atoms with E-state index >= 15 is 0 Å². The van der Waals surface area contributed by atoms with Crippen molar-refractivity contribution >= 4 is 17.5 Å². The highest BCUT2D eigenvalue weighted by molar-refractivity contribution is 6.09. The molecule has 1 aliphatic heterocycles. The van der Waals surface area contributed by atoms with E-state index in [4.69, 9.17) is 9.47 Å². The molecule has 0 bridgehead atoms. The monoisotopic (exact) mass is 354 g/mol. The molecular formula is C20H22N2O4. The van der Waals surface area contributed by atoms with Gasteiger partial charge in [0.2, 0.25) is 11.8 Å². The molecule has 6 heteroatoms. The van der Waals surface area contributed by atoms with Crippen LogP contribution in [0.2, 0.25) is 0 Å². The summed E-state index contributed by atoms with van der Waals surface area (Å²) >= 11 is 0. The van der Waals surface area contributed by atoms with Gasteiger partial charge in [-0.15, -0.1) is 0 Å². The van der Waals surface area contributed by atoms with Crippen LogP contribution in [-0.2, 0) is 16.1 Å². The molecule has 0 spiro atoms. The highest BCUT2D eigenvalue weighted by Gasteiger charge is 2.37. The zero-order chi connectivity index (χ0) is 18.5. The lowest BCUT2D eigenvalue weighted by Gasteiger charge is -2.17. The molecule has 26 heavy (non-hydrogen) atoms. The van der Waals surface area contributed by atoms with Gasteiger partial charge in [0, 0.05) is 24.3 Å². The number of para-hydroxylation sites is 2. The van der Waals surface area contributed by atoms with Gasteiger partial charge in [-0.3, -0.25) is 9.59 Å². The van der Waals surface area contributed by atoms with Gasteiger partial charge in [0.1, 0.15) is 5.92 Å². The molecule has 0 aromatic heterocycles. The van der Waals surface area contributed by atoms with Gasteiger partial charge in [-0.25, -0.2) is 0 Å². The maximum absolute atomic E-state index is 12.6. The lowest BCUT2D eigenvalue weighted by molar-refractivity contribution is -0.132. The molecule has 2 aromatic rings. The van der Waals surface area contributed by atoms with Crippen LogP contribution in [-0.4, -0.2) is 32.6 Å². The van der Waals surface area contributed by atoms with Crippen LogP contribution in [0.4, 0.5) is 5.69 Å². The first-order valence-corrected chi connectivity index (χ1v) is 8.49. The summed E-state index contributed by atoms with van der Waals surface area (Å²) in [7, 11) is 3.12. The van der Waals surface area contributed by atoms with E-state index in [1.54, 1.807) is 25.2 Å². The molecule has 1 N–H and O–H groups in total. The molecule has 0 aliphatic carbocycles.